The Labute approximate surface area is 184 Å². The fourth-order valence-electron chi connectivity index (χ4n) is 4.18. The molecule has 32 heavy (non-hydrogen) atoms. The lowest BCUT2D eigenvalue weighted by Gasteiger charge is -2.28. The number of hydrogen-bond acceptors (Lipinski definition) is 3. The zero-order valence-corrected chi connectivity index (χ0v) is 17.3. The van der Waals surface area contributed by atoms with Gasteiger partial charge < -0.3 is 0 Å². The van der Waals surface area contributed by atoms with Gasteiger partial charge in [0.05, 0.1) is 12.2 Å². The van der Waals surface area contributed by atoms with Crippen molar-refractivity contribution in [1.29, 1.82) is 0 Å². The van der Waals surface area contributed by atoms with Gasteiger partial charge in [0, 0.05) is 37.0 Å². The highest BCUT2D eigenvalue weighted by atomic mass is 19.3. The fourth-order valence-corrected chi connectivity index (χ4v) is 4.18. The van der Waals surface area contributed by atoms with Gasteiger partial charge in [0.25, 0.3) is 6.43 Å². The van der Waals surface area contributed by atoms with Gasteiger partial charge in [0.15, 0.2) is 0 Å². The Morgan fingerprint density at radius 3 is 2.44 bits per heavy atom. The van der Waals surface area contributed by atoms with Gasteiger partial charge in [-0.15, -0.1) is 0 Å². The molecule has 0 unspecified atom stereocenters. The molecule has 0 aliphatic carbocycles. The predicted molar refractivity (Wildman–Crippen MR) is 116 cm³/mol. The first-order valence-corrected chi connectivity index (χ1v) is 10.4. The minimum atomic E-state index is -2.66. The van der Waals surface area contributed by atoms with Crippen molar-refractivity contribution >= 4 is 0 Å². The Hall–Kier alpha value is -3.45. The summed E-state index contributed by atoms with van der Waals surface area (Å²) in [5.74, 6) is -0.336. The summed E-state index contributed by atoms with van der Waals surface area (Å²) in [6, 6.07) is 19.5. The molecule has 2 aromatic heterocycles. The van der Waals surface area contributed by atoms with E-state index in [-0.39, 0.29) is 11.5 Å². The summed E-state index contributed by atoms with van der Waals surface area (Å²) < 4.78 is 42.2. The van der Waals surface area contributed by atoms with E-state index < -0.39 is 6.43 Å². The predicted octanol–water partition coefficient (Wildman–Crippen LogP) is 5.70. The molecule has 1 aliphatic rings. The van der Waals surface area contributed by atoms with Gasteiger partial charge in [0.2, 0.25) is 0 Å². The second kappa shape index (κ2) is 8.59. The van der Waals surface area contributed by atoms with Crippen LogP contribution in [0.15, 0.2) is 72.9 Å². The van der Waals surface area contributed by atoms with Gasteiger partial charge in [-0.3, -0.25) is 14.6 Å². The summed E-state index contributed by atoms with van der Waals surface area (Å²) in [7, 11) is 0. The third kappa shape index (κ3) is 4.03. The van der Waals surface area contributed by atoms with Gasteiger partial charge in [-0.25, -0.2) is 13.2 Å². The van der Waals surface area contributed by atoms with E-state index in [1.165, 1.54) is 30.0 Å². The van der Waals surface area contributed by atoms with E-state index in [9.17, 15) is 13.2 Å². The third-order valence-corrected chi connectivity index (χ3v) is 5.72. The van der Waals surface area contributed by atoms with E-state index >= 15 is 0 Å². The lowest BCUT2D eigenvalue weighted by atomic mass is 9.98. The van der Waals surface area contributed by atoms with E-state index in [4.69, 9.17) is 5.10 Å². The second-order valence-corrected chi connectivity index (χ2v) is 7.87. The maximum absolute atomic E-state index is 13.5. The summed E-state index contributed by atoms with van der Waals surface area (Å²) in [6.07, 6.45) is -1.26. The van der Waals surface area contributed by atoms with E-state index in [0.29, 0.717) is 24.3 Å². The zero-order chi connectivity index (χ0) is 22.1. The normalized spacial score (nSPS) is 14.0. The SMILES string of the molecule is Fc1ccc(-c2nn3c(c2-c2ccnc(C(F)F)c2)CN(Cc2ccccc2)CC3)cc1. The molecule has 0 radical (unpaired) electrons. The number of hydrogen-bond donors (Lipinski definition) is 0. The summed E-state index contributed by atoms with van der Waals surface area (Å²) >= 11 is 0. The van der Waals surface area contributed by atoms with Crippen molar-refractivity contribution in [1.82, 2.24) is 19.7 Å². The van der Waals surface area contributed by atoms with Crippen molar-refractivity contribution in [2.24, 2.45) is 0 Å². The molecule has 4 aromatic rings. The van der Waals surface area contributed by atoms with Crippen molar-refractivity contribution < 1.29 is 13.2 Å². The second-order valence-electron chi connectivity index (χ2n) is 7.87. The topological polar surface area (TPSA) is 34.0 Å². The average Bonchev–Trinajstić information content (AvgIpc) is 3.19. The molecule has 0 fully saturated rings. The van der Waals surface area contributed by atoms with Crippen LogP contribution in [0.4, 0.5) is 13.2 Å². The van der Waals surface area contributed by atoms with Crippen LogP contribution in [0.2, 0.25) is 0 Å². The van der Waals surface area contributed by atoms with Crippen molar-refractivity contribution in [3.05, 3.63) is 95.7 Å². The molecule has 3 heterocycles. The molecule has 0 bridgehead atoms. The molecule has 162 valence electrons. The lowest BCUT2D eigenvalue weighted by Crippen LogP contribution is -2.33. The molecule has 0 amide bonds. The maximum Gasteiger partial charge on any atom is 0.280 e. The number of benzene rings is 2. The van der Waals surface area contributed by atoms with Crippen molar-refractivity contribution in [3.63, 3.8) is 0 Å². The van der Waals surface area contributed by atoms with E-state index in [2.05, 4.69) is 22.0 Å². The van der Waals surface area contributed by atoms with Crippen molar-refractivity contribution in [2.75, 3.05) is 6.54 Å². The highest BCUT2D eigenvalue weighted by Crippen LogP contribution is 2.37. The van der Waals surface area contributed by atoms with E-state index in [1.54, 1.807) is 18.2 Å². The van der Waals surface area contributed by atoms with Crippen LogP contribution >= 0.6 is 0 Å². The van der Waals surface area contributed by atoms with Gasteiger partial charge >= 0.3 is 0 Å². The standard InChI is InChI=1S/C25H21F3N4/c26-20-8-6-18(7-9-20)24-23(19-10-11-29-21(14-19)25(27)28)22-16-31(12-13-32(22)30-24)15-17-4-2-1-3-5-17/h1-11,14,25H,12-13,15-16H2. The molecule has 7 heteroatoms. The highest BCUT2D eigenvalue weighted by Gasteiger charge is 2.26. The quantitative estimate of drug-likeness (QED) is 0.404. The van der Waals surface area contributed by atoms with Gasteiger partial charge in [-0.1, -0.05) is 30.3 Å². The molecule has 0 atom stereocenters. The average molecular weight is 434 g/mol. The minimum Gasteiger partial charge on any atom is -0.291 e. The van der Waals surface area contributed by atoms with Crippen LogP contribution in [0.1, 0.15) is 23.4 Å². The van der Waals surface area contributed by atoms with Crippen LogP contribution < -0.4 is 0 Å². The van der Waals surface area contributed by atoms with Crippen molar-refractivity contribution in [2.45, 2.75) is 26.1 Å². The number of fused-ring (bicyclic) bond motifs is 1. The zero-order valence-electron chi connectivity index (χ0n) is 17.3. The molecule has 0 saturated heterocycles. The molecule has 4 nitrogen and oxygen atoms in total. The van der Waals surface area contributed by atoms with Crippen LogP contribution in [-0.2, 0) is 19.6 Å². The van der Waals surface area contributed by atoms with Crippen molar-refractivity contribution in [3.8, 4) is 22.4 Å². The van der Waals surface area contributed by atoms with Crippen LogP contribution in [0.3, 0.4) is 0 Å². The Balaban J connectivity index is 1.59. The molecule has 5 rings (SSSR count). The minimum absolute atomic E-state index is 0.274. The molecule has 0 spiro atoms. The van der Waals surface area contributed by atoms with E-state index in [0.717, 1.165) is 29.9 Å². The van der Waals surface area contributed by atoms with Gasteiger partial charge in [-0.05, 0) is 47.5 Å². The summed E-state index contributed by atoms with van der Waals surface area (Å²) in [6.45, 7) is 2.92. The lowest BCUT2D eigenvalue weighted by molar-refractivity contribution is 0.146. The number of pyridine rings is 1. The highest BCUT2D eigenvalue weighted by molar-refractivity contribution is 5.83. The summed E-state index contributed by atoms with van der Waals surface area (Å²) in [4.78, 5) is 6.13. The monoisotopic (exact) mass is 434 g/mol. The van der Waals surface area contributed by atoms with Gasteiger partial charge in [0.1, 0.15) is 17.2 Å². The number of halogens is 3. The number of nitrogens with zero attached hydrogens (tertiary/aromatic N) is 4. The maximum atomic E-state index is 13.5. The molecule has 0 N–H and O–H groups in total. The molecule has 1 aliphatic heterocycles. The number of rotatable bonds is 5. The molecular formula is C25H21F3N4. The Morgan fingerprint density at radius 2 is 1.69 bits per heavy atom. The smallest absolute Gasteiger partial charge is 0.280 e. The summed E-state index contributed by atoms with van der Waals surface area (Å²) in [5.41, 5.74) is 4.73. The first-order chi connectivity index (χ1) is 15.6. The molecular weight excluding hydrogens is 413 g/mol. The number of alkyl halides is 2. The van der Waals surface area contributed by atoms with Crippen LogP contribution in [0.25, 0.3) is 22.4 Å². The first kappa shape index (κ1) is 20.5. The Morgan fingerprint density at radius 1 is 0.906 bits per heavy atom. The summed E-state index contributed by atoms with van der Waals surface area (Å²) in [5, 5.41) is 4.80. The largest absolute Gasteiger partial charge is 0.291 e. The van der Waals surface area contributed by atoms with Crippen LogP contribution in [0.5, 0.6) is 0 Å². The molecule has 0 saturated carbocycles. The fraction of sp³-hybridized carbons (Fsp3) is 0.200. The van der Waals surface area contributed by atoms with Gasteiger partial charge in [-0.2, -0.15) is 5.10 Å². The number of aromatic nitrogens is 3. The Bertz CT molecular complexity index is 1220. The molecule has 2 aromatic carbocycles. The Kier molecular flexibility index (Phi) is 5.49. The first-order valence-electron chi connectivity index (χ1n) is 10.4. The van der Waals surface area contributed by atoms with E-state index in [1.807, 2.05) is 22.9 Å². The third-order valence-electron chi connectivity index (χ3n) is 5.72. The van der Waals surface area contributed by atoms with Crippen LogP contribution in [0, 0.1) is 5.82 Å². The van der Waals surface area contributed by atoms with Crippen LogP contribution in [-0.4, -0.2) is 26.2 Å².